The van der Waals surface area contributed by atoms with Crippen molar-refractivity contribution in [2.75, 3.05) is 0 Å². The van der Waals surface area contributed by atoms with E-state index in [0.29, 0.717) is 0 Å². The molecule has 2 heterocycles. The van der Waals surface area contributed by atoms with Crippen molar-refractivity contribution in [3.05, 3.63) is 71.9 Å². The SMILES string of the molecule is C1=COC2C(=N1)C(c1ccccc1)=Cc1[nH]ccc12. The standard InChI is InChI=1S/C16H12N2O/c1-2-4-11(5-3-1)13-10-14-12(6-7-17-14)16-15(13)18-8-9-19-16/h1-10,16-17H. The van der Waals surface area contributed by atoms with E-state index < -0.39 is 0 Å². The van der Waals surface area contributed by atoms with E-state index >= 15 is 0 Å². The van der Waals surface area contributed by atoms with Gasteiger partial charge in [-0.1, -0.05) is 30.3 Å². The van der Waals surface area contributed by atoms with Crippen LogP contribution in [0.3, 0.4) is 0 Å². The fourth-order valence-corrected chi connectivity index (χ4v) is 2.60. The van der Waals surface area contributed by atoms with Gasteiger partial charge in [-0.25, -0.2) is 0 Å². The minimum atomic E-state index is -0.105. The summed E-state index contributed by atoms with van der Waals surface area (Å²) in [5, 5.41) is 0. The number of fused-ring (bicyclic) bond motifs is 3. The summed E-state index contributed by atoms with van der Waals surface area (Å²) in [4.78, 5) is 7.77. The lowest BCUT2D eigenvalue weighted by Gasteiger charge is -2.27. The highest BCUT2D eigenvalue weighted by molar-refractivity contribution is 6.31. The second-order valence-corrected chi connectivity index (χ2v) is 4.59. The molecule has 2 aromatic rings. The van der Waals surface area contributed by atoms with E-state index in [4.69, 9.17) is 4.74 Å². The average molecular weight is 248 g/mol. The summed E-state index contributed by atoms with van der Waals surface area (Å²) in [6.45, 7) is 0. The number of nitrogens with one attached hydrogen (secondary N) is 1. The van der Waals surface area contributed by atoms with Crippen molar-refractivity contribution in [2.45, 2.75) is 6.10 Å². The first-order valence-corrected chi connectivity index (χ1v) is 6.26. The van der Waals surface area contributed by atoms with Crippen LogP contribution >= 0.6 is 0 Å². The Kier molecular flexibility index (Phi) is 2.18. The molecule has 3 heteroatoms. The molecule has 0 saturated heterocycles. The molecule has 19 heavy (non-hydrogen) atoms. The third kappa shape index (κ3) is 1.55. The van der Waals surface area contributed by atoms with Gasteiger partial charge < -0.3 is 9.72 Å². The van der Waals surface area contributed by atoms with Crippen molar-refractivity contribution in [2.24, 2.45) is 4.99 Å². The van der Waals surface area contributed by atoms with Crippen LogP contribution in [0.15, 0.2) is 60.0 Å². The Morgan fingerprint density at radius 2 is 2.00 bits per heavy atom. The van der Waals surface area contributed by atoms with Crippen LogP contribution in [0.4, 0.5) is 0 Å². The largest absolute Gasteiger partial charge is 0.485 e. The first kappa shape index (κ1) is 10.4. The van der Waals surface area contributed by atoms with E-state index in [1.807, 2.05) is 30.5 Å². The summed E-state index contributed by atoms with van der Waals surface area (Å²) in [6, 6.07) is 12.3. The van der Waals surface area contributed by atoms with Crippen LogP contribution in [0.1, 0.15) is 22.9 Å². The molecule has 1 aromatic heterocycles. The highest BCUT2D eigenvalue weighted by atomic mass is 16.5. The molecular formula is C16H12N2O. The van der Waals surface area contributed by atoms with Crippen molar-refractivity contribution in [3.63, 3.8) is 0 Å². The van der Waals surface area contributed by atoms with Crippen molar-refractivity contribution < 1.29 is 4.74 Å². The molecule has 92 valence electrons. The Balaban J connectivity index is 1.94. The highest BCUT2D eigenvalue weighted by Gasteiger charge is 2.31. The molecule has 1 aromatic carbocycles. The fraction of sp³-hybridized carbons (Fsp3) is 0.0625. The van der Waals surface area contributed by atoms with Gasteiger partial charge in [0.25, 0.3) is 0 Å². The van der Waals surface area contributed by atoms with Crippen LogP contribution in [0.5, 0.6) is 0 Å². The van der Waals surface area contributed by atoms with Gasteiger partial charge in [0, 0.05) is 23.0 Å². The van der Waals surface area contributed by atoms with Gasteiger partial charge >= 0.3 is 0 Å². The number of aliphatic imine (C=N–C) groups is 1. The van der Waals surface area contributed by atoms with Crippen LogP contribution in [-0.4, -0.2) is 10.7 Å². The Bertz CT molecular complexity index is 707. The molecule has 3 nitrogen and oxygen atoms in total. The molecule has 0 spiro atoms. The molecule has 1 aliphatic carbocycles. The van der Waals surface area contributed by atoms with Gasteiger partial charge in [-0.3, -0.25) is 4.99 Å². The molecule has 0 amide bonds. The second-order valence-electron chi connectivity index (χ2n) is 4.59. The van der Waals surface area contributed by atoms with Gasteiger partial charge in [-0.2, -0.15) is 0 Å². The molecule has 1 unspecified atom stereocenters. The quantitative estimate of drug-likeness (QED) is 0.823. The molecule has 1 aliphatic heterocycles. The maximum Gasteiger partial charge on any atom is 0.167 e. The van der Waals surface area contributed by atoms with E-state index in [-0.39, 0.29) is 6.10 Å². The number of aromatic amines is 1. The second kappa shape index (κ2) is 3.99. The Hall–Kier alpha value is -2.55. The first-order valence-electron chi connectivity index (χ1n) is 6.26. The molecule has 0 fully saturated rings. The molecule has 0 saturated carbocycles. The molecule has 4 rings (SSSR count). The third-order valence-electron chi connectivity index (χ3n) is 3.48. The van der Waals surface area contributed by atoms with E-state index in [0.717, 1.165) is 28.1 Å². The van der Waals surface area contributed by atoms with E-state index in [1.54, 1.807) is 12.5 Å². The normalized spacial score (nSPS) is 19.9. The third-order valence-corrected chi connectivity index (χ3v) is 3.48. The van der Waals surface area contributed by atoms with Crippen molar-refractivity contribution in [1.29, 1.82) is 0 Å². The summed E-state index contributed by atoms with van der Waals surface area (Å²) < 4.78 is 5.75. The zero-order chi connectivity index (χ0) is 12.7. The smallest absolute Gasteiger partial charge is 0.167 e. The lowest BCUT2D eigenvalue weighted by Crippen LogP contribution is -2.21. The number of benzene rings is 1. The van der Waals surface area contributed by atoms with Gasteiger partial charge in [0.15, 0.2) is 6.10 Å². The minimum Gasteiger partial charge on any atom is -0.485 e. The maximum absolute atomic E-state index is 5.75. The highest BCUT2D eigenvalue weighted by Crippen LogP contribution is 2.37. The first-order chi connectivity index (χ1) is 9.43. The lowest BCUT2D eigenvalue weighted by molar-refractivity contribution is 0.202. The number of aromatic nitrogens is 1. The number of nitrogens with zero attached hydrogens (tertiary/aromatic N) is 1. The van der Waals surface area contributed by atoms with Crippen LogP contribution in [0.2, 0.25) is 0 Å². The summed E-state index contributed by atoms with van der Waals surface area (Å²) in [5.74, 6) is 0. The molecular weight excluding hydrogens is 236 g/mol. The summed E-state index contributed by atoms with van der Waals surface area (Å²) >= 11 is 0. The monoisotopic (exact) mass is 248 g/mol. The summed E-state index contributed by atoms with van der Waals surface area (Å²) in [5.41, 5.74) is 5.48. The van der Waals surface area contributed by atoms with E-state index in [2.05, 4.69) is 28.2 Å². The Morgan fingerprint density at radius 3 is 2.89 bits per heavy atom. The van der Waals surface area contributed by atoms with Gasteiger partial charge in [-0.15, -0.1) is 0 Å². The van der Waals surface area contributed by atoms with Crippen LogP contribution in [0.25, 0.3) is 11.6 Å². The van der Waals surface area contributed by atoms with Gasteiger partial charge in [-0.05, 0) is 17.7 Å². The Labute approximate surface area is 111 Å². The van der Waals surface area contributed by atoms with Crippen LogP contribution < -0.4 is 0 Å². The van der Waals surface area contributed by atoms with Crippen LogP contribution in [-0.2, 0) is 4.74 Å². The number of H-pyrrole nitrogens is 1. The number of ether oxygens (including phenoxy) is 1. The van der Waals surface area contributed by atoms with E-state index in [1.165, 1.54) is 0 Å². The Morgan fingerprint density at radius 1 is 1.11 bits per heavy atom. The molecule has 1 atom stereocenters. The predicted molar refractivity (Wildman–Crippen MR) is 75.5 cm³/mol. The zero-order valence-electron chi connectivity index (χ0n) is 10.2. The summed E-state index contributed by atoms with van der Waals surface area (Å²) in [7, 11) is 0. The molecule has 2 aliphatic rings. The minimum absolute atomic E-state index is 0.105. The average Bonchev–Trinajstić information content (AvgIpc) is 2.96. The number of rotatable bonds is 1. The van der Waals surface area contributed by atoms with Crippen molar-refractivity contribution in [3.8, 4) is 0 Å². The van der Waals surface area contributed by atoms with Crippen LogP contribution in [0, 0.1) is 0 Å². The van der Waals surface area contributed by atoms with Gasteiger partial charge in [0.1, 0.15) is 6.26 Å². The topological polar surface area (TPSA) is 37.4 Å². The molecule has 0 bridgehead atoms. The number of hydrogen-bond donors (Lipinski definition) is 1. The molecule has 1 N–H and O–H groups in total. The maximum atomic E-state index is 5.75. The fourth-order valence-electron chi connectivity index (χ4n) is 2.60. The molecule has 0 radical (unpaired) electrons. The summed E-state index contributed by atoms with van der Waals surface area (Å²) in [6.07, 6.45) is 7.34. The zero-order valence-corrected chi connectivity index (χ0v) is 10.2. The number of hydrogen-bond acceptors (Lipinski definition) is 2. The van der Waals surface area contributed by atoms with Crippen molar-refractivity contribution in [1.82, 2.24) is 4.98 Å². The van der Waals surface area contributed by atoms with Crippen molar-refractivity contribution >= 4 is 17.4 Å². The predicted octanol–water partition coefficient (Wildman–Crippen LogP) is 3.55. The van der Waals surface area contributed by atoms with Gasteiger partial charge in [0.05, 0.1) is 11.9 Å². The lowest BCUT2D eigenvalue weighted by atomic mass is 9.88. The van der Waals surface area contributed by atoms with Gasteiger partial charge in [0.2, 0.25) is 0 Å². The van der Waals surface area contributed by atoms with E-state index in [9.17, 15) is 0 Å².